The van der Waals surface area contributed by atoms with Gasteiger partial charge in [-0.05, 0) is 18.1 Å². The summed E-state index contributed by atoms with van der Waals surface area (Å²) < 4.78 is 1.79. The van der Waals surface area contributed by atoms with Crippen molar-refractivity contribution >= 4 is 29.9 Å². The van der Waals surface area contributed by atoms with Crippen LogP contribution >= 0.6 is 24.0 Å². The first-order valence-electron chi connectivity index (χ1n) is 7.17. The zero-order valence-electron chi connectivity index (χ0n) is 13.1. The van der Waals surface area contributed by atoms with E-state index in [-0.39, 0.29) is 24.0 Å². The Labute approximate surface area is 153 Å². The molecule has 0 unspecified atom stereocenters. The van der Waals surface area contributed by atoms with E-state index in [4.69, 9.17) is 6.42 Å². The van der Waals surface area contributed by atoms with E-state index in [2.05, 4.69) is 49.8 Å². The van der Waals surface area contributed by atoms with Crippen molar-refractivity contribution in [2.24, 2.45) is 4.99 Å². The Balaban J connectivity index is 0.00000264. The molecule has 0 bridgehead atoms. The fourth-order valence-electron chi connectivity index (χ4n) is 1.97. The van der Waals surface area contributed by atoms with Crippen LogP contribution in [0.15, 0.2) is 41.9 Å². The molecule has 0 amide bonds. The number of rotatable bonds is 6. The summed E-state index contributed by atoms with van der Waals surface area (Å²) in [5.74, 6) is 3.27. The zero-order chi connectivity index (χ0) is 15.6. The molecule has 122 valence electrons. The van der Waals surface area contributed by atoms with Gasteiger partial charge >= 0.3 is 0 Å². The van der Waals surface area contributed by atoms with Crippen LogP contribution in [0.2, 0.25) is 0 Å². The summed E-state index contributed by atoms with van der Waals surface area (Å²) in [5, 5.41) is 10.3. The van der Waals surface area contributed by atoms with E-state index in [1.807, 2.05) is 13.0 Å². The van der Waals surface area contributed by atoms with Crippen molar-refractivity contribution in [3.63, 3.8) is 0 Å². The zero-order valence-corrected chi connectivity index (χ0v) is 15.4. The molecule has 0 aliphatic heterocycles. The van der Waals surface area contributed by atoms with Gasteiger partial charge in [-0.25, -0.2) is 14.7 Å². The average Bonchev–Trinajstić information content (AvgIpc) is 3.03. The molecule has 7 heteroatoms. The van der Waals surface area contributed by atoms with Crippen LogP contribution in [-0.2, 0) is 13.1 Å². The van der Waals surface area contributed by atoms with Gasteiger partial charge in [-0.15, -0.1) is 30.4 Å². The van der Waals surface area contributed by atoms with Crippen LogP contribution in [0.4, 0.5) is 0 Å². The predicted octanol–water partition coefficient (Wildman–Crippen LogP) is 1.63. The first-order valence-corrected chi connectivity index (χ1v) is 7.17. The van der Waals surface area contributed by atoms with Gasteiger partial charge in [0.25, 0.3) is 0 Å². The lowest BCUT2D eigenvalue weighted by atomic mass is 10.1. The van der Waals surface area contributed by atoms with Crippen LogP contribution in [0.5, 0.6) is 0 Å². The second-order valence-corrected chi connectivity index (χ2v) is 4.67. The fourth-order valence-corrected chi connectivity index (χ4v) is 1.97. The summed E-state index contributed by atoms with van der Waals surface area (Å²) >= 11 is 0. The van der Waals surface area contributed by atoms with Gasteiger partial charge in [-0.2, -0.15) is 5.10 Å². The molecule has 0 saturated heterocycles. The Morgan fingerprint density at radius 2 is 2.17 bits per heavy atom. The number of nitrogens with zero attached hydrogens (tertiary/aromatic N) is 4. The third-order valence-electron chi connectivity index (χ3n) is 2.92. The lowest BCUT2D eigenvalue weighted by molar-refractivity contribution is 0.684. The van der Waals surface area contributed by atoms with Gasteiger partial charge in [-0.3, -0.25) is 0 Å². The number of guanidine groups is 1. The van der Waals surface area contributed by atoms with Crippen molar-refractivity contribution in [2.45, 2.75) is 20.0 Å². The van der Waals surface area contributed by atoms with E-state index < -0.39 is 0 Å². The van der Waals surface area contributed by atoms with E-state index >= 15 is 0 Å². The maximum Gasteiger partial charge on any atom is 0.192 e. The minimum atomic E-state index is 0. The Kier molecular flexibility index (Phi) is 8.75. The topological polar surface area (TPSA) is 67.1 Å². The van der Waals surface area contributed by atoms with Crippen LogP contribution < -0.4 is 10.6 Å². The fraction of sp³-hybridized carbons (Fsp3) is 0.312. The standard InChI is InChI=1S/C16H20N6.HI/c1-3-8-19-16(18-4-2)20-10-14-6-5-7-15(9-14)11-22-13-17-12-21-22;/h1,5-7,9,12-13H,4,8,10-11H2,2H3,(H2,18,19,20);1H. The van der Waals surface area contributed by atoms with Crippen molar-refractivity contribution in [3.8, 4) is 12.3 Å². The Hall–Kier alpha value is -2.08. The Morgan fingerprint density at radius 3 is 2.87 bits per heavy atom. The molecule has 2 aromatic rings. The van der Waals surface area contributed by atoms with Gasteiger partial charge < -0.3 is 10.6 Å². The largest absolute Gasteiger partial charge is 0.357 e. The van der Waals surface area contributed by atoms with E-state index in [9.17, 15) is 0 Å². The number of hydrogen-bond acceptors (Lipinski definition) is 3. The van der Waals surface area contributed by atoms with E-state index in [1.54, 1.807) is 11.0 Å². The number of aromatic nitrogens is 3. The second-order valence-electron chi connectivity index (χ2n) is 4.67. The molecule has 2 N–H and O–H groups in total. The molecule has 6 nitrogen and oxygen atoms in total. The first-order chi connectivity index (χ1) is 10.8. The van der Waals surface area contributed by atoms with Crippen LogP contribution in [0.3, 0.4) is 0 Å². The maximum absolute atomic E-state index is 5.26. The van der Waals surface area contributed by atoms with Crippen molar-refractivity contribution in [2.75, 3.05) is 13.1 Å². The molecular formula is C16H21IN6. The molecule has 0 fully saturated rings. The maximum atomic E-state index is 5.26. The molecule has 0 aliphatic rings. The molecular weight excluding hydrogens is 403 g/mol. The number of halogens is 1. The third-order valence-corrected chi connectivity index (χ3v) is 2.92. The van der Waals surface area contributed by atoms with Crippen molar-refractivity contribution < 1.29 is 0 Å². The minimum Gasteiger partial charge on any atom is -0.357 e. The summed E-state index contributed by atoms with van der Waals surface area (Å²) in [6, 6.07) is 8.27. The molecule has 0 aliphatic carbocycles. The van der Waals surface area contributed by atoms with Crippen LogP contribution in [-0.4, -0.2) is 33.8 Å². The monoisotopic (exact) mass is 424 g/mol. The minimum absolute atomic E-state index is 0. The lowest BCUT2D eigenvalue weighted by Gasteiger charge is -2.09. The molecule has 2 rings (SSSR count). The highest BCUT2D eigenvalue weighted by Gasteiger charge is 1.99. The number of hydrogen-bond donors (Lipinski definition) is 2. The SMILES string of the molecule is C#CCNC(=NCc1cccc(Cn2cncn2)c1)NCC.I. The van der Waals surface area contributed by atoms with Crippen molar-refractivity contribution in [1.82, 2.24) is 25.4 Å². The Morgan fingerprint density at radius 1 is 1.35 bits per heavy atom. The van der Waals surface area contributed by atoms with Crippen LogP contribution in [0.25, 0.3) is 0 Å². The second kappa shape index (κ2) is 10.6. The van der Waals surface area contributed by atoms with E-state index in [0.29, 0.717) is 19.6 Å². The van der Waals surface area contributed by atoms with Gasteiger partial charge in [0.05, 0.1) is 19.6 Å². The lowest BCUT2D eigenvalue weighted by Crippen LogP contribution is -2.37. The Bertz CT molecular complexity index is 645. The van der Waals surface area contributed by atoms with Gasteiger partial charge in [0.15, 0.2) is 5.96 Å². The highest BCUT2D eigenvalue weighted by molar-refractivity contribution is 14.0. The summed E-state index contributed by atoms with van der Waals surface area (Å²) in [4.78, 5) is 8.47. The summed E-state index contributed by atoms with van der Waals surface area (Å²) in [6.45, 7) is 4.56. The van der Waals surface area contributed by atoms with Gasteiger partial charge in [0, 0.05) is 6.54 Å². The number of aliphatic imine (C=N–C) groups is 1. The van der Waals surface area contributed by atoms with E-state index in [0.717, 1.165) is 18.1 Å². The number of benzene rings is 1. The normalized spacial score (nSPS) is 10.5. The van der Waals surface area contributed by atoms with Crippen molar-refractivity contribution in [1.29, 1.82) is 0 Å². The van der Waals surface area contributed by atoms with E-state index in [1.165, 1.54) is 11.9 Å². The number of terminal acetylenes is 1. The predicted molar refractivity (Wildman–Crippen MR) is 103 cm³/mol. The van der Waals surface area contributed by atoms with Gasteiger partial charge in [0.1, 0.15) is 12.7 Å². The average molecular weight is 424 g/mol. The molecule has 0 radical (unpaired) electrons. The summed E-state index contributed by atoms with van der Waals surface area (Å²) in [5.41, 5.74) is 2.30. The smallest absolute Gasteiger partial charge is 0.192 e. The summed E-state index contributed by atoms with van der Waals surface area (Å²) in [6.07, 6.45) is 8.50. The quantitative estimate of drug-likeness (QED) is 0.320. The van der Waals surface area contributed by atoms with Gasteiger partial charge in [-0.1, -0.05) is 30.2 Å². The molecule has 1 aromatic carbocycles. The highest BCUT2D eigenvalue weighted by atomic mass is 127. The summed E-state index contributed by atoms with van der Waals surface area (Å²) in [7, 11) is 0. The number of nitrogens with one attached hydrogen (secondary N) is 2. The first kappa shape index (κ1) is 19.0. The molecule has 1 heterocycles. The van der Waals surface area contributed by atoms with Gasteiger partial charge in [0.2, 0.25) is 0 Å². The highest BCUT2D eigenvalue weighted by Crippen LogP contribution is 2.08. The van der Waals surface area contributed by atoms with Crippen molar-refractivity contribution in [3.05, 3.63) is 48.0 Å². The third kappa shape index (κ3) is 6.69. The molecule has 1 aromatic heterocycles. The van der Waals surface area contributed by atoms with Crippen LogP contribution in [0, 0.1) is 12.3 Å². The molecule has 23 heavy (non-hydrogen) atoms. The molecule has 0 spiro atoms. The molecule has 0 saturated carbocycles. The molecule has 0 atom stereocenters. The van der Waals surface area contributed by atoms with Crippen LogP contribution in [0.1, 0.15) is 18.1 Å².